The highest BCUT2D eigenvalue weighted by Gasteiger charge is 2.43. The Morgan fingerprint density at radius 3 is 2.34 bits per heavy atom. The summed E-state index contributed by atoms with van der Waals surface area (Å²) in [6.07, 6.45) is 18.0. The van der Waals surface area contributed by atoms with Gasteiger partial charge in [0.2, 0.25) is 0 Å². The zero-order valence-electron chi connectivity index (χ0n) is 27.7. The molecule has 244 valence electrons. The normalized spacial score (nSPS) is 21.2. The molecule has 0 radical (unpaired) electrons. The van der Waals surface area contributed by atoms with Crippen molar-refractivity contribution in [3.05, 3.63) is 180 Å². The SMILES string of the molecule is CC(N=C(N=C(N)c1ccccc1)C1C=CC=CC1)c1cccc(-n2c3c(c4ccccc42)C2C=CC=CC2C2=C3Oc3ccccc3O2)c1. The number of para-hydroxylation sites is 3. The van der Waals surface area contributed by atoms with Gasteiger partial charge in [0.1, 0.15) is 11.7 Å². The van der Waals surface area contributed by atoms with Gasteiger partial charge < -0.3 is 19.8 Å². The number of rotatable bonds is 5. The minimum absolute atomic E-state index is 0.0294. The fourth-order valence-corrected chi connectivity index (χ4v) is 7.53. The van der Waals surface area contributed by atoms with Gasteiger partial charge in [0, 0.05) is 34.4 Å². The van der Waals surface area contributed by atoms with Gasteiger partial charge in [-0.1, -0.05) is 121 Å². The zero-order chi connectivity index (χ0) is 33.6. The van der Waals surface area contributed by atoms with Crippen LogP contribution in [0.25, 0.3) is 22.3 Å². The second-order valence-corrected chi connectivity index (χ2v) is 13.1. The van der Waals surface area contributed by atoms with Crippen LogP contribution in [0.2, 0.25) is 0 Å². The van der Waals surface area contributed by atoms with Crippen LogP contribution >= 0.6 is 0 Å². The number of ether oxygens (including phenoxy) is 2. The monoisotopic (exact) mass is 652 g/mol. The Morgan fingerprint density at radius 1 is 0.780 bits per heavy atom. The summed E-state index contributed by atoms with van der Waals surface area (Å²) in [7, 11) is 0. The Balaban J connectivity index is 1.18. The van der Waals surface area contributed by atoms with Crippen LogP contribution in [-0.2, 0) is 0 Å². The van der Waals surface area contributed by atoms with Gasteiger partial charge in [0.15, 0.2) is 23.0 Å². The molecule has 6 nitrogen and oxygen atoms in total. The third-order valence-electron chi connectivity index (χ3n) is 9.96. The standard InChI is InChI=1S/C44H36N4O2/c1-28(46-44(30-17-6-3-7-18-30)47-43(45)29-15-4-2-5-16-29)31-19-14-20-32(27-31)48-36-24-11-10-23-35(36)39-33-21-8-9-22-34(33)41-42(40(39)48)50-38-26-13-12-25-37(38)49-41/h2-17,19-28,30,33-34H,18H2,1H3,(H2,45,46,47). The number of aromatic nitrogens is 1. The lowest BCUT2D eigenvalue weighted by Crippen LogP contribution is -2.28. The van der Waals surface area contributed by atoms with E-state index in [0.717, 1.165) is 57.5 Å². The van der Waals surface area contributed by atoms with Crippen LogP contribution in [0.5, 0.6) is 11.5 Å². The van der Waals surface area contributed by atoms with E-state index >= 15 is 0 Å². The van der Waals surface area contributed by atoms with Crippen LogP contribution in [-0.4, -0.2) is 16.2 Å². The highest BCUT2D eigenvalue weighted by atomic mass is 16.6. The first kappa shape index (κ1) is 30.0. The number of nitrogens with two attached hydrogens (primary N) is 1. The van der Waals surface area contributed by atoms with Crippen molar-refractivity contribution in [3.8, 4) is 17.2 Å². The fraction of sp³-hybridized carbons (Fsp3) is 0.136. The van der Waals surface area contributed by atoms with Crippen molar-refractivity contribution >= 4 is 28.3 Å². The van der Waals surface area contributed by atoms with Crippen molar-refractivity contribution in [2.24, 2.45) is 27.6 Å². The predicted molar refractivity (Wildman–Crippen MR) is 202 cm³/mol. The van der Waals surface area contributed by atoms with Gasteiger partial charge in [0.25, 0.3) is 0 Å². The van der Waals surface area contributed by atoms with E-state index in [0.29, 0.717) is 11.6 Å². The molecule has 1 aromatic heterocycles. The third kappa shape index (κ3) is 5.12. The molecule has 4 atom stereocenters. The van der Waals surface area contributed by atoms with Crippen LogP contribution in [0, 0.1) is 11.8 Å². The van der Waals surface area contributed by atoms with Crippen LogP contribution < -0.4 is 15.2 Å². The summed E-state index contributed by atoms with van der Waals surface area (Å²) in [5.74, 6) is 4.41. The van der Waals surface area contributed by atoms with Gasteiger partial charge in [-0.15, -0.1) is 0 Å². The Labute approximate surface area is 291 Å². The lowest BCUT2D eigenvalue weighted by atomic mass is 9.76. The van der Waals surface area contributed by atoms with E-state index in [1.165, 1.54) is 10.9 Å². The fourth-order valence-electron chi connectivity index (χ4n) is 7.53. The number of fused-ring (bicyclic) bond motifs is 8. The average Bonchev–Trinajstić information content (AvgIpc) is 3.53. The highest BCUT2D eigenvalue weighted by molar-refractivity contribution is 6.06. The molecule has 3 aliphatic carbocycles. The van der Waals surface area contributed by atoms with Crippen molar-refractivity contribution in [2.45, 2.75) is 25.3 Å². The van der Waals surface area contributed by atoms with Gasteiger partial charge in [-0.25, -0.2) is 4.99 Å². The van der Waals surface area contributed by atoms with Crippen molar-refractivity contribution < 1.29 is 9.47 Å². The van der Waals surface area contributed by atoms with E-state index in [1.54, 1.807) is 0 Å². The molecule has 0 spiro atoms. The summed E-state index contributed by atoms with van der Waals surface area (Å²) in [5, 5.41) is 1.20. The number of amidine groups is 2. The predicted octanol–water partition coefficient (Wildman–Crippen LogP) is 9.61. The van der Waals surface area contributed by atoms with Crippen LogP contribution in [0.3, 0.4) is 0 Å². The molecule has 2 N–H and O–H groups in total. The second-order valence-electron chi connectivity index (χ2n) is 13.1. The summed E-state index contributed by atoms with van der Waals surface area (Å²) >= 11 is 0. The number of hydrogen-bond acceptors (Lipinski definition) is 3. The zero-order valence-corrected chi connectivity index (χ0v) is 27.7. The van der Waals surface area contributed by atoms with Crippen molar-refractivity contribution in [1.29, 1.82) is 0 Å². The van der Waals surface area contributed by atoms with E-state index in [4.69, 9.17) is 25.2 Å². The number of allylic oxidation sites excluding steroid dienone is 7. The highest BCUT2D eigenvalue weighted by Crippen LogP contribution is 2.53. The maximum absolute atomic E-state index is 6.79. The van der Waals surface area contributed by atoms with Gasteiger partial charge in [-0.2, -0.15) is 0 Å². The van der Waals surface area contributed by atoms with Crippen LogP contribution in [0.1, 0.15) is 47.7 Å². The molecule has 50 heavy (non-hydrogen) atoms. The quantitative estimate of drug-likeness (QED) is 0.152. The van der Waals surface area contributed by atoms with Crippen molar-refractivity contribution in [1.82, 2.24) is 4.57 Å². The molecule has 0 saturated heterocycles. The average molecular weight is 653 g/mol. The summed E-state index contributed by atoms with van der Waals surface area (Å²) in [6.45, 7) is 2.12. The minimum atomic E-state index is -0.180. The van der Waals surface area contributed by atoms with Gasteiger partial charge in [-0.3, -0.25) is 4.99 Å². The first-order chi connectivity index (χ1) is 24.6. The first-order valence-electron chi connectivity index (χ1n) is 17.2. The van der Waals surface area contributed by atoms with E-state index in [2.05, 4.69) is 109 Å². The topological polar surface area (TPSA) is 74.1 Å². The van der Waals surface area contributed by atoms with E-state index in [-0.39, 0.29) is 23.8 Å². The molecule has 5 aromatic rings. The van der Waals surface area contributed by atoms with E-state index in [1.807, 2.05) is 54.6 Å². The van der Waals surface area contributed by atoms with E-state index in [9.17, 15) is 0 Å². The molecule has 4 aliphatic rings. The lowest BCUT2D eigenvalue weighted by Gasteiger charge is -2.36. The molecule has 4 unspecified atom stereocenters. The molecule has 6 heteroatoms. The van der Waals surface area contributed by atoms with Gasteiger partial charge in [0.05, 0.1) is 17.3 Å². The van der Waals surface area contributed by atoms with Gasteiger partial charge in [-0.05, 0) is 54.8 Å². The smallest absolute Gasteiger partial charge is 0.190 e. The van der Waals surface area contributed by atoms with Gasteiger partial charge >= 0.3 is 0 Å². The third-order valence-corrected chi connectivity index (χ3v) is 9.96. The maximum Gasteiger partial charge on any atom is 0.190 e. The number of benzene rings is 4. The lowest BCUT2D eigenvalue weighted by molar-refractivity contribution is 0.296. The summed E-state index contributed by atoms with van der Waals surface area (Å²) in [5.41, 5.74) is 12.9. The number of aliphatic imine (C=N–C) groups is 2. The van der Waals surface area contributed by atoms with Crippen LogP contribution in [0.15, 0.2) is 167 Å². The summed E-state index contributed by atoms with van der Waals surface area (Å²) in [6, 6.07) is 34.9. The van der Waals surface area contributed by atoms with Crippen molar-refractivity contribution in [2.75, 3.05) is 0 Å². The number of nitrogens with zero attached hydrogens (tertiary/aromatic N) is 3. The van der Waals surface area contributed by atoms with Crippen molar-refractivity contribution in [3.63, 3.8) is 0 Å². The second kappa shape index (κ2) is 12.4. The molecule has 4 aromatic carbocycles. The molecular formula is C44H36N4O2. The summed E-state index contributed by atoms with van der Waals surface area (Å²) < 4.78 is 15.8. The Kier molecular flexibility index (Phi) is 7.42. The van der Waals surface area contributed by atoms with Crippen LogP contribution in [0.4, 0.5) is 0 Å². The maximum atomic E-state index is 6.79. The molecule has 9 rings (SSSR count). The minimum Gasteiger partial charge on any atom is -0.453 e. The Hall–Kier alpha value is -6.14. The molecule has 0 saturated carbocycles. The Bertz CT molecular complexity index is 2350. The molecule has 0 amide bonds. The molecule has 0 fully saturated rings. The van der Waals surface area contributed by atoms with E-state index < -0.39 is 0 Å². The summed E-state index contributed by atoms with van der Waals surface area (Å²) in [4.78, 5) is 10.2. The molecule has 1 aliphatic heterocycles. The Morgan fingerprint density at radius 2 is 1.52 bits per heavy atom. The number of hydrogen-bond donors (Lipinski definition) is 1. The molecular weight excluding hydrogens is 617 g/mol. The first-order valence-corrected chi connectivity index (χ1v) is 17.2. The largest absolute Gasteiger partial charge is 0.453 e. The molecule has 2 heterocycles. The molecule has 0 bridgehead atoms.